The molecule has 1 aromatic heterocycles. The molecular weight excluding hydrogens is 282 g/mol. The zero-order valence-electron chi connectivity index (χ0n) is 12.7. The van der Waals surface area contributed by atoms with Gasteiger partial charge in [0.05, 0.1) is 17.4 Å². The molecule has 0 amide bonds. The summed E-state index contributed by atoms with van der Waals surface area (Å²) in [4.78, 5) is 4.10. The van der Waals surface area contributed by atoms with Gasteiger partial charge in [-0.25, -0.2) is 0 Å². The highest BCUT2D eigenvalue weighted by atomic mass is 15.5. The number of para-hydroxylation sites is 1. The van der Waals surface area contributed by atoms with Crippen LogP contribution in [0.1, 0.15) is 23.6 Å². The summed E-state index contributed by atoms with van der Waals surface area (Å²) in [6.07, 6.45) is 4.53. The molecule has 1 atom stereocenters. The van der Waals surface area contributed by atoms with Crippen molar-refractivity contribution in [2.24, 2.45) is 5.10 Å². The van der Waals surface area contributed by atoms with Crippen LogP contribution in [-0.2, 0) is 0 Å². The van der Waals surface area contributed by atoms with Crippen molar-refractivity contribution in [1.29, 1.82) is 0 Å². The fourth-order valence-corrected chi connectivity index (χ4v) is 2.98. The Morgan fingerprint density at radius 2 is 1.43 bits per heavy atom. The van der Waals surface area contributed by atoms with Gasteiger partial charge < -0.3 is 0 Å². The van der Waals surface area contributed by atoms with Crippen molar-refractivity contribution in [1.82, 2.24) is 4.98 Å². The van der Waals surface area contributed by atoms with Gasteiger partial charge in [-0.3, -0.25) is 9.99 Å². The second kappa shape index (κ2) is 6.05. The molecule has 2 heterocycles. The molecule has 3 aromatic rings. The summed E-state index contributed by atoms with van der Waals surface area (Å²) in [5.41, 5.74) is 4.64. The molecule has 23 heavy (non-hydrogen) atoms. The molecule has 1 unspecified atom stereocenters. The lowest BCUT2D eigenvalue weighted by atomic mass is 9.99. The van der Waals surface area contributed by atoms with Gasteiger partial charge in [0.1, 0.15) is 0 Å². The lowest BCUT2D eigenvalue weighted by Crippen LogP contribution is -2.18. The maximum atomic E-state index is 4.91. The Morgan fingerprint density at radius 1 is 0.783 bits per heavy atom. The highest BCUT2D eigenvalue weighted by molar-refractivity contribution is 6.03. The molecule has 1 aliphatic rings. The Balaban J connectivity index is 1.75. The molecule has 112 valence electrons. The Bertz CT molecular complexity index is 798. The normalized spacial score (nSPS) is 17.1. The van der Waals surface area contributed by atoms with Gasteiger partial charge in [0.2, 0.25) is 0 Å². The molecular formula is C20H17N3. The molecule has 0 saturated carbocycles. The van der Waals surface area contributed by atoms with Gasteiger partial charge >= 0.3 is 0 Å². The lowest BCUT2D eigenvalue weighted by Gasteiger charge is -2.23. The zero-order chi connectivity index (χ0) is 15.5. The molecule has 4 rings (SSSR count). The van der Waals surface area contributed by atoms with E-state index in [0.29, 0.717) is 0 Å². The summed E-state index contributed by atoms with van der Waals surface area (Å²) in [5, 5.41) is 7.04. The number of pyridine rings is 1. The van der Waals surface area contributed by atoms with Gasteiger partial charge in [-0.05, 0) is 29.8 Å². The molecule has 0 aliphatic carbocycles. The summed E-state index contributed by atoms with van der Waals surface area (Å²) in [6.45, 7) is 0. The molecule has 0 bridgehead atoms. The zero-order valence-corrected chi connectivity index (χ0v) is 12.7. The van der Waals surface area contributed by atoms with E-state index in [1.807, 2.05) is 30.6 Å². The van der Waals surface area contributed by atoms with Crippen molar-refractivity contribution >= 4 is 11.4 Å². The van der Waals surface area contributed by atoms with Crippen LogP contribution in [0.4, 0.5) is 5.69 Å². The summed E-state index contributed by atoms with van der Waals surface area (Å²) in [6, 6.07) is 25.2. The van der Waals surface area contributed by atoms with Gasteiger partial charge in [0, 0.05) is 24.4 Å². The second-order valence-electron chi connectivity index (χ2n) is 5.59. The van der Waals surface area contributed by atoms with Gasteiger partial charge in [0.15, 0.2) is 0 Å². The minimum absolute atomic E-state index is 0.224. The number of anilines is 1. The number of nitrogens with zero attached hydrogens (tertiary/aromatic N) is 3. The van der Waals surface area contributed by atoms with E-state index in [2.05, 4.69) is 64.6 Å². The third-order valence-corrected chi connectivity index (χ3v) is 4.13. The van der Waals surface area contributed by atoms with Crippen LogP contribution in [0.5, 0.6) is 0 Å². The minimum Gasteiger partial charge on any atom is -0.265 e. The number of aromatic nitrogens is 1. The topological polar surface area (TPSA) is 28.5 Å². The van der Waals surface area contributed by atoms with Crippen LogP contribution >= 0.6 is 0 Å². The molecule has 1 aliphatic heterocycles. The van der Waals surface area contributed by atoms with Crippen molar-refractivity contribution in [3.05, 3.63) is 96.3 Å². The molecule has 0 fully saturated rings. The van der Waals surface area contributed by atoms with Crippen molar-refractivity contribution in [2.45, 2.75) is 12.5 Å². The molecule has 0 spiro atoms. The number of hydrogen-bond acceptors (Lipinski definition) is 3. The van der Waals surface area contributed by atoms with Crippen LogP contribution in [0.25, 0.3) is 0 Å². The number of hydrogen-bond donors (Lipinski definition) is 0. The van der Waals surface area contributed by atoms with E-state index in [1.165, 1.54) is 5.56 Å². The first kappa shape index (κ1) is 13.7. The van der Waals surface area contributed by atoms with Crippen LogP contribution in [0.3, 0.4) is 0 Å². The van der Waals surface area contributed by atoms with Crippen LogP contribution in [-0.4, -0.2) is 10.7 Å². The highest BCUT2D eigenvalue weighted by Gasteiger charge is 2.29. The molecule has 0 saturated heterocycles. The molecule has 0 N–H and O–H groups in total. The summed E-state index contributed by atoms with van der Waals surface area (Å²) in [7, 11) is 0. The predicted octanol–water partition coefficient (Wildman–Crippen LogP) is 4.44. The maximum Gasteiger partial charge on any atom is 0.0831 e. The molecule has 2 aromatic carbocycles. The number of rotatable bonds is 3. The first-order chi connectivity index (χ1) is 11.4. The average Bonchev–Trinajstić information content (AvgIpc) is 3.09. The van der Waals surface area contributed by atoms with E-state index in [9.17, 15) is 0 Å². The summed E-state index contributed by atoms with van der Waals surface area (Å²) >= 11 is 0. The van der Waals surface area contributed by atoms with E-state index < -0.39 is 0 Å². The van der Waals surface area contributed by atoms with Crippen LogP contribution < -0.4 is 5.01 Å². The van der Waals surface area contributed by atoms with E-state index in [4.69, 9.17) is 5.10 Å². The van der Waals surface area contributed by atoms with Crippen molar-refractivity contribution in [2.75, 3.05) is 5.01 Å². The maximum absolute atomic E-state index is 4.91. The average molecular weight is 299 g/mol. The van der Waals surface area contributed by atoms with Crippen molar-refractivity contribution in [3.63, 3.8) is 0 Å². The van der Waals surface area contributed by atoms with Crippen LogP contribution in [0, 0.1) is 0 Å². The van der Waals surface area contributed by atoms with E-state index >= 15 is 0 Å². The Kier molecular flexibility index (Phi) is 3.60. The van der Waals surface area contributed by atoms with E-state index in [1.54, 1.807) is 0 Å². The van der Waals surface area contributed by atoms with E-state index in [0.717, 1.165) is 23.4 Å². The van der Waals surface area contributed by atoms with Gasteiger partial charge in [-0.1, -0.05) is 48.5 Å². The van der Waals surface area contributed by atoms with Crippen LogP contribution in [0.2, 0.25) is 0 Å². The largest absolute Gasteiger partial charge is 0.265 e. The Hall–Kier alpha value is -2.94. The van der Waals surface area contributed by atoms with E-state index in [-0.39, 0.29) is 6.04 Å². The molecule has 0 radical (unpaired) electrons. The van der Waals surface area contributed by atoms with Crippen LogP contribution in [0.15, 0.2) is 90.3 Å². The SMILES string of the molecule is c1ccc(C2CC(c3ccncc3)=NN2c2ccccc2)cc1. The third-order valence-electron chi connectivity index (χ3n) is 4.13. The number of benzene rings is 2. The van der Waals surface area contributed by atoms with Gasteiger partial charge in [-0.2, -0.15) is 5.10 Å². The molecule has 3 heteroatoms. The summed E-state index contributed by atoms with van der Waals surface area (Å²) in [5.74, 6) is 0. The smallest absolute Gasteiger partial charge is 0.0831 e. The fraction of sp³-hybridized carbons (Fsp3) is 0.100. The first-order valence-corrected chi connectivity index (χ1v) is 7.79. The monoisotopic (exact) mass is 299 g/mol. The number of hydrazone groups is 1. The summed E-state index contributed by atoms with van der Waals surface area (Å²) < 4.78 is 0. The molecule has 3 nitrogen and oxygen atoms in total. The lowest BCUT2D eigenvalue weighted by molar-refractivity contribution is 0.709. The van der Waals surface area contributed by atoms with Crippen molar-refractivity contribution < 1.29 is 0 Å². The predicted molar refractivity (Wildman–Crippen MR) is 93.5 cm³/mol. The third kappa shape index (κ3) is 2.73. The minimum atomic E-state index is 0.224. The fourth-order valence-electron chi connectivity index (χ4n) is 2.98. The van der Waals surface area contributed by atoms with Gasteiger partial charge in [0.25, 0.3) is 0 Å². The highest BCUT2D eigenvalue weighted by Crippen LogP contribution is 2.36. The second-order valence-corrected chi connectivity index (χ2v) is 5.59. The van der Waals surface area contributed by atoms with Gasteiger partial charge in [-0.15, -0.1) is 0 Å². The quantitative estimate of drug-likeness (QED) is 0.715. The Morgan fingerprint density at radius 3 is 2.13 bits per heavy atom. The first-order valence-electron chi connectivity index (χ1n) is 7.79. The standard InChI is InChI=1S/C20H17N3/c1-3-7-17(8-4-1)20-15-19(16-11-13-21-14-12-16)22-23(20)18-9-5-2-6-10-18/h1-14,20H,15H2. The Labute approximate surface area is 135 Å². The van der Waals surface area contributed by atoms with Crippen molar-refractivity contribution in [3.8, 4) is 0 Å².